The van der Waals surface area contributed by atoms with Crippen LogP contribution in [0, 0.1) is 0 Å². The molecule has 2 fully saturated rings. The highest BCUT2D eigenvalue weighted by atomic mass is 16.5. The number of imidazole rings is 1. The molecule has 2 aromatic heterocycles. The van der Waals surface area contributed by atoms with Crippen molar-refractivity contribution in [2.24, 2.45) is 7.05 Å². The minimum absolute atomic E-state index is 0.302. The second-order valence-corrected chi connectivity index (χ2v) is 8.95. The number of rotatable bonds is 5. The van der Waals surface area contributed by atoms with E-state index in [2.05, 4.69) is 31.8 Å². The van der Waals surface area contributed by atoms with E-state index in [0.717, 1.165) is 68.6 Å². The van der Waals surface area contributed by atoms with Crippen LogP contribution in [0.1, 0.15) is 33.1 Å². The number of ether oxygens (including phenoxy) is 1. The third-order valence-corrected chi connectivity index (χ3v) is 6.01. The van der Waals surface area contributed by atoms with E-state index in [9.17, 15) is 9.59 Å². The maximum Gasteiger partial charge on any atom is 0.335 e. The van der Waals surface area contributed by atoms with Gasteiger partial charge in [0.2, 0.25) is 0 Å². The Labute approximate surface area is 211 Å². The number of aryl methyl sites for hydroxylation is 1. The SMILES string of the molecule is C1COC1.CN(C)c1cc(C=O)ncn1.CN1CCN(Cc2nc3ccc(C(=O)O)cc3n2C)CC1. The Bertz CT molecular complexity index is 1150. The number of likely N-dealkylation sites (N-methyl/N-ethyl adjacent to an activating group) is 1. The van der Waals surface area contributed by atoms with Crippen LogP contribution in [0.4, 0.5) is 5.82 Å². The van der Waals surface area contributed by atoms with E-state index < -0.39 is 5.97 Å². The Morgan fingerprint density at radius 1 is 1.11 bits per heavy atom. The van der Waals surface area contributed by atoms with Crippen molar-refractivity contribution in [1.29, 1.82) is 0 Å². The van der Waals surface area contributed by atoms with Gasteiger partial charge in [0.1, 0.15) is 23.7 Å². The lowest BCUT2D eigenvalue weighted by atomic mass is 10.2. The molecular weight excluding hydrogens is 462 g/mol. The molecule has 0 unspecified atom stereocenters. The zero-order valence-corrected chi connectivity index (χ0v) is 21.4. The molecular formula is C25H35N7O4. The van der Waals surface area contributed by atoms with E-state index in [4.69, 9.17) is 9.84 Å². The number of hydrogen-bond donors (Lipinski definition) is 1. The minimum Gasteiger partial charge on any atom is -0.478 e. The number of benzene rings is 1. The molecule has 1 aromatic carbocycles. The number of carboxylic acids is 1. The molecule has 11 heteroatoms. The van der Waals surface area contributed by atoms with Gasteiger partial charge in [0, 0.05) is 66.6 Å². The fraction of sp³-hybridized carbons (Fsp3) is 0.480. The monoisotopic (exact) mass is 497 g/mol. The minimum atomic E-state index is -0.904. The van der Waals surface area contributed by atoms with Gasteiger partial charge in [-0.1, -0.05) is 0 Å². The molecule has 0 saturated carbocycles. The first-order valence-electron chi connectivity index (χ1n) is 11.9. The standard InChI is InChI=1S/C15H20N4O2.C7H9N3O.C3H6O/c1-17-5-7-19(8-6-17)10-14-16-12-4-3-11(15(20)21)9-13(12)18(14)2;1-10(2)7-3-6(4-11)8-5-9-7;1-2-4-3-1/h3-4,9H,5-8,10H2,1-2H3,(H,20,21);3-5H,1-2H3;1-3H2. The summed E-state index contributed by atoms with van der Waals surface area (Å²) >= 11 is 0. The summed E-state index contributed by atoms with van der Waals surface area (Å²) in [6.45, 7) is 7.04. The quantitative estimate of drug-likeness (QED) is 0.523. The Balaban J connectivity index is 0.000000199. The zero-order chi connectivity index (χ0) is 26.1. The van der Waals surface area contributed by atoms with Crippen LogP contribution < -0.4 is 4.90 Å². The maximum absolute atomic E-state index is 11.1. The molecule has 1 N–H and O–H groups in total. The predicted octanol–water partition coefficient (Wildman–Crippen LogP) is 1.78. The number of carbonyl (C=O) groups is 2. The van der Waals surface area contributed by atoms with Crippen LogP contribution in [0.2, 0.25) is 0 Å². The number of hydrogen-bond acceptors (Lipinski definition) is 9. The molecule has 0 atom stereocenters. The molecule has 4 heterocycles. The second-order valence-electron chi connectivity index (χ2n) is 8.95. The lowest BCUT2D eigenvalue weighted by Gasteiger charge is -2.31. The van der Waals surface area contributed by atoms with Crippen LogP contribution in [0.15, 0.2) is 30.6 Å². The molecule has 0 radical (unpaired) electrons. The molecule has 11 nitrogen and oxygen atoms in total. The molecule has 2 aliphatic heterocycles. The average Bonchev–Trinajstić information content (AvgIpc) is 3.14. The predicted molar refractivity (Wildman–Crippen MR) is 138 cm³/mol. The van der Waals surface area contributed by atoms with Gasteiger partial charge in [0.05, 0.1) is 23.1 Å². The van der Waals surface area contributed by atoms with Crippen molar-refractivity contribution in [3.8, 4) is 0 Å². The Hall–Kier alpha value is -3.41. The summed E-state index contributed by atoms with van der Waals surface area (Å²) < 4.78 is 6.72. The van der Waals surface area contributed by atoms with Gasteiger partial charge < -0.3 is 24.2 Å². The lowest BCUT2D eigenvalue weighted by molar-refractivity contribution is 0.0367. The van der Waals surface area contributed by atoms with E-state index in [1.165, 1.54) is 12.7 Å². The Kier molecular flexibility index (Phi) is 9.86. The number of aromatic nitrogens is 4. The van der Waals surface area contributed by atoms with Crippen molar-refractivity contribution >= 4 is 29.1 Å². The molecule has 0 amide bonds. The number of carboxylic acid groups (broad SMARTS) is 1. The first-order valence-corrected chi connectivity index (χ1v) is 11.9. The van der Waals surface area contributed by atoms with Crippen LogP contribution in [0.25, 0.3) is 11.0 Å². The second kappa shape index (κ2) is 13.1. The summed E-state index contributed by atoms with van der Waals surface area (Å²) in [5, 5.41) is 9.09. The van der Waals surface area contributed by atoms with Crippen molar-refractivity contribution < 1.29 is 19.4 Å². The van der Waals surface area contributed by atoms with Gasteiger partial charge in [-0.3, -0.25) is 9.69 Å². The summed E-state index contributed by atoms with van der Waals surface area (Å²) in [6, 6.07) is 6.72. The third kappa shape index (κ3) is 7.54. The average molecular weight is 498 g/mol. The van der Waals surface area contributed by atoms with Crippen LogP contribution in [-0.2, 0) is 18.3 Å². The smallest absolute Gasteiger partial charge is 0.335 e. The first kappa shape index (κ1) is 27.2. The zero-order valence-electron chi connectivity index (χ0n) is 21.4. The van der Waals surface area contributed by atoms with Gasteiger partial charge in [-0.2, -0.15) is 0 Å². The summed E-state index contributed by atoms with van der Waals surface area (Å²) in [6.07, 6.45) is 3.35. The van der Waals surface area contributed by atoms with Crippen molar-refractivity contribution in [2.75, 3.05) is 65.4 Å². The van der Waals surface area contributed by atoms with E-state index in [1.54, 1.807) is 24.3 Å². The lowest BCUT2D eigenvalue weighted by Crippen LogP contribution is -2.44. The van der Waals surface area contributed by atoms with E-state index in [-0.39, 0.29) is 0 Å². The van der Waals surface area contributed by atoms with E-state index in [0.29, 0.717) is 17.5 Å². The fourth-order valence-corrected chi connectivity index (χ4v) is 3.53. The third-order valence-electron chi connectivity index (χ3n) is 6.01. The van der Waals surface area contributed by atoms with Gasteiger partial charge in [-0.05, 0) is 31.7 Å². The van der Waals surface area contributed by atoms with Gasteiger partial charge in [-0.15, -0.1) is 0 Å². The molecule has 36 heavy (non-hydrogen) atoms. The number of aldehydes is 1. The highest BCUT2D eigenvalue weighted by Crippen LogP contribution is 2.18. The number of nitrogens with zero attached hydrogens (tertiary/aromatic N) is 7. The first-order chi connectivity index (χ1) is 17.3. The molecule has 2 aliphatic rings. The van der Waals surface area contributed by atoms with Crippen molar-refractivity contribution in [3.63, 3.8) is 0 Å². The summed E-state index contributed by atoms with van der Waals surface area (Å²) in [7, 11) is 7.81. The number of anilines is 1. The molecule has 194 valence electrons. The normalized spacial score (nSPS) is 15.7. The fourth-order valence-electron chi connectivity index (χ4n) is 3.53. The van der Waals surface area contributed by atoms with Crippen LogP contribution in [-0.4, -0.2) is 107 Å². The molecule has 3 aromatic rings. The molecule has 0 aliphatic carbocycles. The van der Waals surface area contributed by atoms with Crippen LogP contribution >= 0.6 is 0 Å². The Morgan fingerprint density at radius 3 is 2.33 bits per heavy atom. The molecule has 0 bridgehead atoms. The summed E-state index contributed by atoms with van der Waals surface area (Å²) in [5.41, 5.74) is 2.44. The van der Waals surface area contributed by atoms with Gasteiger partial charge in [-0.25, -0.2) is 19.7 Å². The molecule has 0 spiro atoms. The highest BCUT2D eigenvalue weighted by molar-refractivity contribution is 5.92. The van der Waals surface area contributed by atoms with E-state index >= 15 is 0 Å². The Morgan fingerprint density at radius 2 is 1.78 bits per heavy atom. The van der Waals surface area contributed by atoms with Gasteiger partial charge in [0.15, 0.2) is 6.29 Å². The maximum atomic E-state index is 11.1. The van der Waals surface area contributed by atoms with Crippen LogP contribution in [0.3, 0.4) is 0 Å². The van der Waals surface area contributed by atoms with Crippen molar-refractivity contribution in [3.05, 3.63) is 47.7 Å². The largest absolute Gasteiger partial charge is 0.478 e. The number of piperazine rings is 1. The van der Waals surface area contributed by atoms with Crippen molar-refractivity contribution in [2.45, 2.75) is 13.0 Å². The van der Waals surface area contributed by atoms with E-state index in [1.807, 2.05) is 30.6 Å². The summed E-state index contributed by atoms with van der Waals surface area (Å²) in [5.74, 6) is 0.818. The number of carbonyl (C=O) groups excluding carboxylic acids is 1. The number of fused-ring (bicyclic) bond motifs is 1. The highest BCUT2D eigenvalue weighted by Gasteiger charge is 2.17. The van der Waals surface area contributed by atoms with Crippen LogP contribution in [0.5, 0.6) is 0 Å². The molecule has 5 rings (SSSR count). The van der Waals surface area contributed by atoms with Crippen molar-refractivity contribution in [1.82, 2.24) is 29.3 Å². The van der Waals surface area contributed by atoms with Gasteiger partial charge >= 0.3 is 5.97 Å². The topological polar surface area (TPSA) is 117 Å². The van der Waals surface area contributed by atoms with Gasteiger partial charge in [0.25, 0.3) is 0 Å². The number of aromatic carboxylic acids is 1. The summed E-state index contributed by atoms with van der Waals surface area (Å²) in [4.78, 5) is 40.2. The molecule has 2 saturated heterocycles.